The zero-order valence-electron chi connectivity index (χ0n) is 15.3. The average Bonchev–Trinajstić information content (AvgIpc) is 3.16. The molecule has 2 heterocycles. The Kier molecular flexibility index (Phi) is 6.08. The summed E-state index contributed by atoms with van der Waals surface area (Å²) in [6, 6.07) is -0.876. The van der Waals surface area contributed by atoms with Crippen molar-refractivity contribution in [2.75, 3.05) is 26.3 Å². The van der Waals surface area contributed by atoms with Crippen LogP contribution in [0.1, 0.15) is 56.8 Å². The van der Waals surface area contributed by atoms with E-state index in [1.54, 1.807) is 18.0 Å². The van der Waals surface area contributed by atoms with Crippen LogP contribution in [0.2, 0.25) is 0 Å². The first-order chi connectivity index (χ1) is 12.6. The van der Waals surface area contributed by atoms with E-state index >= 15 is 0 Å². The third-order valence-electron chi connectivity index (χ3n) is 5.35. The fraction of sp³-hybridized carbons (Fsp3) is 0.765. The molecule has 0 radical (unpaired) electrons. The molecule has 0 bridgehead atoms. The fourth-order valence-corrected chi connectivity index (χ4v) is 3.64. The molecule has 26 heavy (non-hydrogen) atoms. The highest BCUT2D eigenvalue weighted by molar-refractivity contribution is 5.77. The van der Waals surface area contributed by atoms with E-state index in [2.05, 4.69) is 15.6 Å². The highest BCUT2D eigenvalue weighted by Crippen LogP contribution is 2.34. The van der Waals surface area contributed by atoms with Crippen LogP contribution < -0.4 is 11.1 Å². The van der Waals surface area contributed by atoms with Crippen LogP contribution in [0.25, 0.3) is 0 Å². The number of amides is 3. The number of primary amides is 1. The third-order valence-corrected chi connectivity index (χ3v) is 5.35. The van der Waals surface area contributed by atoms with Gasteiger partial charge in [0.25, 0.3) is 0 Å². The molecule has 1 aromatic heterocycles. The molecule has 1 saturated carbocycles. The quantitative estimate of drug-likeness (QED) is 0.808. The van der Waals surface area contributed by atoms with Crippen LogP contribution >= 0.6 is 0 Å². The van der Waals surface area contributed by atoms with Crippen LogP contribution in [0, 0.1) is 5.92 Å². The highest BCUT2D eigenvalue weighted by atomic mass is 16.5. The lowest BCUT2D eigenvalue weighted by molar-refractivity contribution is -0.120. The van der Waals surface area contributed by atoms with E-state index in [0.29, 0.717) is 37.9 Å². The van der Waals surface area contributed by atoms with Crippen molar-refractivity contribution in [3.63, 3.8) is 0 Å². The summed E-state index contributed by atoms with van der Waals surface area (Å²) in [5.74, 6) is -0.143. The van der Waals surface area contributed by atoms with Crippen LogP contribution in [-0.2, 0) is 9.53 Å². The Hall–Kier alpha value is -2.16. The van der Waals surface area contributed by atoms with Crippen molar-refractivity contribution in [1.82, 2.24) is 25.2 Å². The normalized spacial score (nSPS) is 21.2. The van der Waals surface area contributed by atoms with E-state index in [9.17, 15) is 9.59 Å². The maximum absolute atomic E-state index is 12.7. The van der Waals surface area contributed by atoms with Crippen LogP contribution in [-0.4, -0.2) is 58.1 Å². The Balaban J connectivity index is 1.76. The predicted octanol–water partition coefficient (Wildman–Crippen LogP) is 0.988. The lowest BCUT2D eigenvalue weighted by atomic mass is 9.83. The van der Waals surface area contributed by atoms with Gasteiger partial charge in [0.05, 0.1) is 25.5 Å². The number of rotatable bonds is 5. The molecule has 144 valence electrons. The molecule has 3 N–H and O–H groups in total. The van der Waals surface area contributed by atoms with Gasteiger partial charge < -0.3 is 20.7 Å². The van der Waals surface area contributed by atoms with Crippen LogP contribution in [0.4, 0.5) is 4.79 Å². The number of carbonyl (C=O) groups is 2. The van der Waals surface area contributed by atoms with Gasteiger partial charge in [-0.3, -0.25) is 4.79 Å². The van der Waals surface area contributed by atoms with Gasteiger partial charge in [-0.15, -0.1) is 5.10 Å². The van der Waals surface area contributed by atoms with E-state index < -0.39 is 11.9 Å². The van der Waals surface area contributed by atoms with Gasteiger partial charge in [-0.25, -0.2) is 9.48 Å². The molecule has 0 spiro atoms. The van der Waals surface area contributed by atoms with Crippen molar-refractivity contribution >= 4 is 11.9 Å². The summed E-state index contributed by atoms with van der Waals surface area (Å²) in [5, 5.41) is 11.4. The van der Waals surface area contributed by atoms with Gasteiger partial charge >= 0.3 is 6.03 Å². The molecule has 1 aliphatic carbocycles. The summed E-state index contributed by atoms with van der Waals surface area (Å²) in [5.41, 5.74) is 6.05. The monoisotopic (exact) mass is 364 g/mol. The predicted molar refractivity (Wildman–Crippen MR) is 94.2 cm³/mol. The Morgan fingerprint density at radius 3 is 2.62 bits per heavy atom. The van der Waals surface area contributed by atoms with Crippen molar-refractivity contribution in [1.29, 1.82) is 0 Å². The molecule has 9 heteroatoms. The van der Waals surface area contributed by atoms with Gasteiger partial charge in [0.15, 0.2) is 0 Å². The van der Waals surface area contributed by atoms with E-state index in [0.717, 1.165) is 25.7 Å². The highest BCUT2D eigenvalue weighted by Gasteiger charge is 2.31. The lowest BCUT2D eigenvalue weighted by Crippen LogP contribution is -2.48. The van der Waals surface area contributed by atoms with Crippen molar-refractivity contribution in [3.8, 4) is 0 Å². The Morgan fingerprint density at radius 1 is 1.27 bits per heavy atom. The summed E-state index contributed by atoms with van der Waals surface area (Å²) >= 11 is 0. The first kappa shape index (κ1) is 18.6. The number of morpholine rings is 1. The number of hydrogen-bond donors (Lipinski definition) is 2. The summed E-state index contributed by atoms with van der Waals surface area (Å²) in [4.78, 5) is 25.9. The molecule has 2 atom stereocenters. The van der Waals surface area contributed by atoms with Crippen LogP contribution in [0.5, 0.6) is 0 Å². The molecule has 3 rings (SSSR count). The first-order valence-corrected chi connectivity index (χ1v) is 9.40. The number of hydrogen-bond acceptors (Lipinski definition) is 5. The van der Waals surface area contributed by atoms with Gasteiger partial charge in [-0.1, -0.05) is 24.5 Å². The largest absolute Gasteiger partial charge is 0.378 e. The standard InChI is InChI=1S/C17H28N6O3/c1-12(16(18)24)23-11-14(20-21-23)15(13-5-3-2-4-6-13)19-17(25)22-7-9-26-10-8-22/h11-13,15H,2-10H2,1H3,(H2,18,24)(H,19,25). The number of nitrogens with two attached hydrogens (primary N) is 1. The summed E-state index contributed by atoms with van der Waals surface area (Å²) < 4.78 is 6.78. The van der Waals surface area contributed by atoms with E-state index in [1.165, 1.54) is 11.1 Å². The summed E-state index contributed by atoms with van der Waals surface area (Å²) in [6.07, 6.45) is 7.36. The fourth-order valence-electron chi connectivity index (χ4n) is 3.64. The van der Waals surface area contributed by atoms with E-state index in [4.69, 9.17) is 10.5 Å². The molecule has 1 saturated heterocycles. The van der Waals surface area contributed by atoms with Crippen LogP contribution in [0.15, 0.2) is 6.20 Å². The number of nitrogens with zero attached hydrogens (tertiary/aromatic N) is 4. The Morgan fingerprint density at radius 2 is 1.96 bits per heavy atom. The molecule has 0 aromatic carbocycles. The minimum Gasteiger partial charge on any atom is -0.378 e. The minimum atomic E-state index is -0.571. The number of carbonyl (C=O) groups excluding carboxylic acids is 2. The number of aromatic nitrogens is 3. The van der Waals surface area contributed by atoms with Gasteiger partial charge in [0.2, 0.25) is 5.91 Å². The molecule has 2 fully saturated rings. The topological polar surface area (TPSA) is 115 Å². The van der Waals surface area contributed by atoms with Gasteiger partial charge in [0, 0.05) is 13.1 Å². The molecule has 3 amide bonds. The Bertz CT molecular complexity index is 622. The lowest BCUT2D eigenvalue weighted by Gasteiger charge is -2.33. The van der Waals surface area contributed by atoms with Crippen molar-refractivity contribution in [2.24, 2.45) is 11.7 Å². The first-order valence-electron chi connectivity index (χ1n) is 9.40. The Labute approximate surface area is 153 Å². The smallest absolute Gasteiger partial charge is 0.318 e. The minimum absolute atomic E-state index is 0.0960. The molecule has 1 aliphatic heterocycles. The SMILES string of the molecule is CC(C(N)=O)n1cc(C(NC(=O)N2CCOCC2)C2CCCCC2)nn1. The van der Waals surface area contributed by atoms with Crippen molar-refractivity contribution in [3.05, 3.63) is 11.9 Å². The second-order valence-electron chi connectivity index (χ2n) is 7.13. The molecule has 2 aliphatic rings. The van der Waals surface area contributed by atoms with E-state index in [1.807, 2.05) is 0 Å². The van der Waals surface area contributed by atoms with Gasteiger partial charge in [-0.05, 0) is 25.7 Å². The third kappa shape index (κ3) is 4.32. The summed E-state index contributed by atoms with van der Waals surface area (Å²) in [6.45, 7) is 3.99. The van der Waals surface area contributed by atoms with Crippen molar-refractivity contribution < 1.29 is 14.3 Å². The van der Waals surface area contributed by atoms with Gasteiger partial charge in [-0.2, -0.15) is 0 Å². The molecule has 9 nitrogen and oxygen atoms in total. The molecular weight excluding hydrogens is 336 g/mol. The van der Waals surface area contributed by atoms with Crippen molar-refractivity contribution in [2.45, 2.75) is 51.1 Å². The maximum atomic E-state index is 12.7. The summed E-state index contributed by atoms with van der Waals surface area (Å²) in [7, 11) is 0. The number of nitrogens with one attached hydrogen (secondary N) is 1. The van der Waals surface area contributed by atoms with Gasteiger partial charge in [0.1, 0.15) is 11.7 Å². The average molecular weight is 364 g/mol. The molecule has 2 unspecified atom stereocenters. The molecule has 1 aromatic rings. The maximum Gasteiger partial charge on any atom is 0.318 e. The number of ether oxygens (including phenoxy) is 1. The number of urea groups is 1. The van der Waals surface area contributed by atoms with E-state index in [-0.39, 0.29) is 12.1 Å². The molecular formula is C17H28N6O3. The van der Waals surface area contributed by atoms with Crippen LogP contribution in [0.3, 0.4) is 0 Å². The second kappa shape index (κ2) is 8.48. The second-order valence-corrected chi connectivity index (χ2v) is 7.13. The zero-order valence-corrected chi connectivity index (χ0v) is 15.3. The zero-order chi connectivity index (χ0) is 18.5.